The molecule has 0 aliphatic carbocycles. The molecule has 3 rings (SSSR count). The minimum atomic E-state index is -0.974. The Balaban J connectivity index is 1.84. The molecule has 0 saturated heterocycles. The number of benzene rings is 2. The van der Waals surface area contributed by atoms with Crippen molar-refractivity contribution in [3.8, 4) is 6.07 Å². The summed E-state index contributed by atoms with van der Waals surface area (Å²) >= 11 is 0. The number of nitrogens with zero attached hydrogens (tertiary/aromatic N) is 1. The fraction of sp³-hybridized carbons (Fsp3) is 0.158. The lowest BCUT2D eigenvalue weighted by atomic mass is 9.93. The lowest BCUT2D eigenvalue weighted by Gasteiger charge is -2.23. The molecule has 114 valence electrons. The van der Waals surface area contributed by atoms with Crippen LogP contribution in [0.25, 0.3) is 10.9 Å². The van der Waals surface area contributed by atoms with Gasteiger partial charge in [-0.15, -0.1) is 0 Å². The lowest BCUT2D eigenvalue weighted by molar-refractivity contribution is 0.0924. The zero-order chi connectivity index (χ0) is 16.3. The van der Waals surface area contributed by atoms with Gasteiger partial charge >= 0.3 is 0 Å². The molecule has 2 N–H and O–H groups in total. The summed E-state index contributed by atoms with van der Waals surface area (Å²) in [6, 6.07) is 19.1. The number of nitrogens with one attached hydrogen (secondary N) is 2. The Kier molecular flexibility index (Phi) is 3.86. The summed E-state index contributed by atoms with van der Waals surface area (Å²) in [6.07, 6.45) is 2.33. The first-order valence-electron chi connectivity index (χ1n) is 7.45. The van der Waals surface area contributed by atoms with Gasteiger partial charge in [0.1, 0.15) is 5.54 Å². The van der Waals surface area contributed by atoms with Gasteiger partial charge < -0.3 is 10.3 Å². The van der Waals surface area contributed by atoms with E-state index in [2.05, 4.69) is 16.4 Å². The van der Waals surface area contributed by atoms with Gasteiger partial charge in [0.25, 0.3) is 5.91 Å². The molecule has 23 heavy (non-hydrogen) atoms. The van der Waals surface area contributed by atoms with Gasteiger partial charge in [0.15, 0.2) is 0 Å². The standard InChI is InChI=1S/C19H17N3O/c1-19(13-20,22-18(23)14-7-3-2-4-8-14)11-15-12-21-17-10-6-5-9-16(15)17/h2-10,12,21H,11H2,1H3,(H,22,23). The van der Waals surface area contributed by atoms with E-state index in [1.54, 1.807) is 31.2 Å². The number of carbonyl (C=O) groups is 1. The molecule has 4 heteroatoms. The quantitative estimate of drug-likeness (QED) is 0.775. The monoisotopic (exact) mass is 303 g/mol. The molecule has 0 spiro atoms. The van der Waals surface area contributed by atoms with Gasteiger partial charge in [-0.2, -0.15) is 5.26 Å². The van der Waals surface area contributed by atoms with E-state index >= 15 is 0 Å². The number of nitriles is 1. The summed E-state index contributed by atoms with van der Waals surface area (Å²) in [5.41, 5.74) is 1.61. The predicted molar refractivity (Wildman–Crippen MR) is 89.9 cm³/mol. The van der Waals surface area contributed by atoms with Crippen LogP contribution in [0.1, 0.15) is 22.8 Å². The van der Waals surface area contributed by atoms with Crippen LogP contribution in [0, 0.1) is 11.3 Å². The summed E-state index contributed by atoms with van der Waals surface area (Å²) in [4.78, 5) is 15.5. The molecule has 0 aliphatic rings. The Labute approximate surface area is 134 Å². The fourth-order valence-corrected chi connectivity index (χ4v) is 2.68. The van der Waals surface area contributed by atoms with E-state index in [1.165, 1.54) is 0 Å². The predicted octanol–water partition coefficient (Wildman–Crippen LogP) is 3.42. The van der Waals surface area contributed by atoms with Crippen LogP contribution in [0.15, 0.2) is 60.8 Å². The average molecular weight is 303 g/mol. The molecule has 1 unspecified atom stereocenters. The van der Waals surface area contributed by atoms with Gasteiger partial charge in [-0.25, -0.2) is 0 Å². The van der Waals surface area contributed by atoms with Gasteiger partial charge in [-0.3, -0.25) is 4.79 Å². The van der Waals surface area contributed by atoms with E-state index in [1.807, 2.05) is 36.5 Å². The number of aromatic amines is 1. The highest BCUT2D eigenvalue weighted by molar-refractivity contribution is 5.95. The smallest absolute Gasteiger partial charge is 0.252 e. The largest absolute Gasteiger partial charge is 0.361 e. The molecule has 0 radical (unpaired) electrons. The molecule has 1 atom stereocenters. The second-order valence-electron chi connectivity index (χ2n) is 5.80. The van der Waals surface area contributed by atoms with Crippen LogP contribution in [-0.4, -0.2) is 16.4 Å². The number of hydrogen-bond donors (Lipinski definition) is 2. The SMILES string of the molecule is CC(C#N)(Cc1c[nH]c2ccccc12)NC(=O)c1ccccc1. The first-order chi connectivity index (χ1) is 11.1. The number of carbonyl (C=O) groups excluding carboxylic acids is 1. The lowest BCUT2D eigenvalue weighted by Crippen LogP contribution is -2.46. The summed E-state index contributed by atoms with van der Waals surface area (Å²) < 4.78 is 0. The topological polar surface area (TPSA) is 68.7 Å². The third-order valence-corrected chi connectivity index (χ3v) is 3.89. The van der Waals surface area contributed by atoms with Crippen molar-refractivity contribution >= 4 is 16.8 Å². The summed E-state index contributed by atoms with van der Waals surface area (Å²) in [5, 5.41) is 13.5. The van der Waals surface area contributed by atoms with Crippen LogP contribution in [0.2, 0.25) is 0 Å². The third-order valence-electron chi connectivity index (χ3n) is 3.89. The Hall–Kier alpha value is -3.06. The van der Waals surface area contributed by atoms with Gasteiger partial charge in [-0.1, -0.05) is 36.4 Å². The minimum Gasteiger partial charge on any atom is -0.361 e. The molecule has 4 nitrogen and oxygen atoms in total. The average Bonchev–Trinajstić information content (AvgIpc) is 2.98. The zero-order valence-electron chi connectivity index (χ0n) is 12.8. The molecular weight excluding hydrogens is 286 g/mol. The number of aromatic nitrogens is 1. The summed E-state index contributed by atoms with van der Waals surface area (Å²) in [6.45, 7) is 1.75. The Bertz CT molecular complexity index is 876. The van der Waals surface area contributed by atoms with Gasteiger partial charge in [-0.05, 0) is 30.7 Å². The number of para-hydroxylation sites is 1. The molecule has 1 heterocycles. The molecule has 0 saturated carbocycles. The van der Waals surface area contributed by atoms with Crippen molar-refractivity contribution in [2.45, 2.75) is 18.9 Å². The maximum atomic E-state index is 12.3. The first kappa shape index (κ1) is 14.9. The molecule has 1 aromatic heterocycles. The molecule has 1 amide bonds. The number of H-pyrrole nitrogens is 1. The number of hydrogen-bond acceptors (Lipinski definition) is 2. The van der Waals surface area contributed by atoms with Gasteiger partial charge in [0.05, 0.1) is 6.07 Å². The summed E-state index contributed by atoms with van der Waals surface area (Å²) in [7, 11) is 0. The highest BCUT2D eigenvalue weighted by Gasteiger charge is 2.28. The normalized spacial score (nSPS) is 13.2. The van der Waals surface area contributed by atoms with E-state index in [9.17, 15) is 10.1 Å². The minimum absolute atomic E-state index is 0.241. The number of amides is 1. The van der Waals surface area contributed by atoms with Crippen molar-refractivity contribution in [3.05, 3.63) is 71.9 Å². The molecule has 0 bridgehead atoms. The van der Waals surface area contributed by atoms with E-state index in [0.29, 0.717) is 12.0 Å². The second-order valence-corrected chi connectivity index (χ2v) is 5.80. The van der Waals surface area contributed by atoms with Crippen molar-refractivity contribution in [1.82, 2.24) is 10.3 Å². The Morgan fingerprint density at radius 2 is 1.87 bits per heavy atom. The van der Waals surface area contributed by atoms with Crippen molar-refractivity contribution in [3.63, 3.8) is 0 Å². The molecule has 2 aromatic carbocycles. The number of rotatable bonds is 4. The molecule has 0 aliphatic heterocycles. The highest BCUT2D eigenvalue weighted by atomic mass is 16.1. The van der Waals surface area contributed by atoms with Crippen LogP contribution in [0.3, 0.4) is 0 Å². The molecular formula is C19H17N3O. The van der Waals surface area contributed by atoms with Crippen molar-refractivity contribution in [2.24, 2.45) is 0 Å². The Morgan fingerprint density at radius 1 is 1.17 bits per heavy atom. The van der Waals surface area contributed by atoms with Crippen LogP contribution >= 0.6 is 0 Å². The van der Waals surface area contributed by atoms with Crippen molar-refractivity contribution in [2.75, 3.05) is 0 Å². The van der Waals surface area contributed by atoms with Crippen LogP contribution < -0.4 is 5.32 Å². The van der Waals surface area contributed by atoms with E-state index < -0.39 is 5.54 Å². The Morgan fingerprint density at radius 3 is 2.61 bits per heavy atom. The third kappa shape index (κ3) is 3.09. The van der Waals surface area contributed by atoms with E-state index in [0.717, 1.165) is 16.5 Å². The second kappa shape index (κ2) is 5.98. The summed E-state index contributed by atoms with van der Waals surface area (Å²) in [5.74, 6) is -0.241. The van der Waals surface area contributed by atoms with Gasteiger partial charge in [0, 0.05) is 29.1 Å². The molecule has 0 fully saturated rings. The van der Waals surface area contributed by atoms with Crippen LogP contribution in [-0.2, 0) is 6.42 Å². The fourth-order valence-electron chi connectivity index (χ4n) is 2.68. The van der Waals surface area contributed by atoms with E-state index in [-0.39, 0.29) is 5.91 Å². The highest BCUT2D eigenvalue weighted by Crippen LogP contribution is 2.22. The maximum Gasteiger partial charge on any atom is 0.252 e. The maximum absolute atomic E-state index is 12.3. The number of fused-ring (bicyclic) bond motifs is 1. The van der Waals surface area contributed by atoms with Gasteiger partial charge in [0.2, 0.25) is 0 Å². The van der Waals surface area contributed by atoms with Crippen molar-refractivity contribution in [1.29, 1.82) is 5.26 Å². The zero-order valence-corrected chi connectivity index (χ0v) is 12.8. The van der Waals surface area contributed by atoms with Crippen LogP contribution in [0.5, 0.6) is 0 Å². The van der Waals surface area contributed by atoms with Crippen LogP contribution in [0.4, 0.5) is 0 Å². The molecule has 3 aromatic rings. The first-order valence-corrected chi connectivity index (χ1v) is 7.45. The van der Waals surface area contributed by atoms with E-state index in [4.69, 9.17) is 0 Å². The van der Waals surface area contributed by atoms with Crippen molar-refractivity contribution < 1.29 is 4.79 Å².